The van der Waals surface area contributed by atoms with Gasteiger partial charge in [-0.2, -0.15) is 0 Å². The number of hydrogen-bond donors (Lipinski definition) is 1. The van der Waals surface area contributed by atoms with Crippen LogP contribution in [0.1, 0.15) is 19.8 Å². The molecule has 0 spiro atoms. The fourth-order valence-corrected chi connectivity index (χ4v) is 1.24. The summed E-state index contributed by atoms with van der Waals surface area (Å²) in [5.41, 5.74) is 5.62. The van der Waals surface area contributed by atoms with Crippen molar-refractivity contribution < 1.29 is 4.79 Å². The quantitative estimate of drug-likeness (QED) is 0.558. The van der Waals surface area contributed by atoms with Crippen LogP contribution in [0.2, 0.25) is 0 Å². The first kappa shape index (κ1) is 7.54. The maximum absolute atomic E-state index is 11.0. The molecule has 1 aliphatic rings. The Morgan fingerprint density at radius 2 is 2.50 bits per heavy atom. The maximum Gasteiger partial charge on any atom is 0.222 e. The molecule has 3 heteroatoms. The van der Waals surface area contributed by atoms with Crippen LogP contribution in [0.3, 0.4) is 0 Å². The predicted octanol–water partition coefficient (Wildman–Crippen LogP) is -0.0440. The summed E-state index contributed by atoms with van der Waals surface area (Å²) in [5, 5.41) is 0. The maximum atomic E-state index is 11.0. The predicted molar refractivity (Wildman–Crippen MR) is 39.5 cm³/mol. The highest BCUT2D eigenvalue weighted by atomic mass is 16.2. The summed E-state index contributed by atoms with van der Waals surface area (Å²) >= 11 is 0. The summed E-state index contributed by atoms with van der Waals surface area (Å²) in [4.78, 5) is 12.9. The summed E-state index contributed by atoms with van der Waals surface area (Å²) in [7, 11) is 0. The number of nitrogens with zero attached hydrogens (tertiary/aromatic N) is 1. The third-order valence-corrected chi connectivity index (χ3v) is 1.88. The van der Waals surface area contributed by atoms with Gasteiger partial charge >= 0.3 is 0 Å². The lowest BCUT2D eigenvalue weighted by Crippen LogP contribution is -2.31. The van der Waals surface area contributed by atoms with Gasteiger partial charge in [-0.05, 0) is 6.42 Å². The number of nitrogens with two attached hydrogens (primary N) is 1. The highest BCUT2D eigenvalue weighted by Gasteiger charge is 2.21. The molecule has 3 nitrogen and oxygen atoms in total. The van der Waals surface area contributed by atoms with E-state index in [0.29, 0.717) is 6.42 Å². The monoisotopic (exact) mass is 142 g/mol. The number of likely N-dealkylation sites (tertiary alicyclic amines) is 1. The van der Waals surface area contributed by atoms with Crippen LogP contribution in [0.4, 0.5) is 0 Å². The molecule has 1 saturated heterocycles. The fourth-order valence-electron chi connectivity index (χ4n) is 1.24. The average molecular weight is 142 g/mol. The van der Waals surface area contributed by atoms with Crippen molar-refractivity contribution in [2.45, 2.75) is 25.8 Å². The normalized spacial score (nSPS) is 25.4. The van der Waals surface area contributed by atoms with Crippen molar-refractivity contribution in [1.82, 2.24) is 4.90 Å². The zero-order valence-electron chi connectivity index (χ0n) is 6.34. The Morgan fingerprint density at radius 3 is 2.90 bits per heavy atom. The lowest BCUT2D eigenvalue weighted by Gasteiger charge is -2.13. The zero-order valence-corrected chi connectivity index (χ0v) is 6.34. The molecule has 0 aliphatic carbocycles. The van der Waals surface area contributed by atoms with Gasteiger partial charge in [-0.25, -0.2) is 0 Å². The highest BCUT2D eigenvalue weighted by molar-refractivity contribution is 5.76. The summed E-state index contributed by atoms with van der Waals surface area (Å²) in [6.07, 6.45) is 1.57. The largest absolute Gasteiger partial charge is 0.341 e. The minimum Gasteiger partial charge on any atom is -0.341 e. The summed E-state index contributed by atoms with van der Waals surface area (Å²) < 4.78 is 0. The molecule has 0 aromatic heterocycles. The van der Waals surface area contributed by atoms with Crippen LogP contribution in [0.15, 0.2) is 0 Å². The van der Waals surface area contributed by atoms with E-state index in [4.69, 9.17) is 5.73 Å². The van der Waals surface area contributed by atoms with Gasteiger partial charge < -0.3 is 10.6 Å². The molecule has 10 heavy (non-hydrogen) atoms. The van der Waals surface area contributed by atoms with Gasteiger partial charge in [0, 0.05) is 25.6 Å². The Balaban J connectivity index is 2.37. The van der Waals surface area contributed by atoms with E-state index in [0.717, 1.165) is 19.5 Å². The molecule has 0 aromatic carbocycles. The van der Waals surface area contributed by atoms with Crippen molar-refractivity contribution in [3.63, 3.8) is 0 Å². The van der Waals surface area contributed by atoms with E-state index in [9.17, 15) is 4.79 Å². The second-order valence-corrected chi connectivity index (χ2v) is 2.74. The van der Waals surface area contributed by atoms with E-state index in [2.05, 4.69) is 0 Å². The lowest BCUT2D eigenvalue weighted by molar-refractivity contribution is -0.129. The van der Waals surface area contributed by atoms with Gasteiger partial charge in [0.15, 0.2) is 0 Å². The third-order valence-electron chi connectivity index (χ3n) is 1.88. The molecule has 1 amide bonds. The van der Waals surface area contributed by atoms with Crippen LogP contribution in [0.25, 0.3) is 0 Å². The molecule has 58 valence electrons. The second kappa shape index (κ2) is 3.01. The second-order valence-electron chi connectivity index (χ2n) is 2.74. The highest BCUT2D eigenvalue weighted by Crippen LogP contribution is 2.07. The van der Waals surface area contributed by atoms with Crippen LogP contribution in [0, 0.1) is 0 Å². The molecule has 0 bridgehead atoms. The van der Waals surface area contributed by atoms with Crippen LogP contribution in [0.5, 0.6) is 0 Å². The molecule has 1 fully saturated rings. The number of amides is 1. The van der Waals surface area contributed by atoms with Crippen molar-refractivity contribution in [3.05, 3.63) is 0 Å². The molecule has 1 rings (SSSR count). The van der Waals surface area contributed by atoms with Crippen LogP contribution in [-0.2, 0) is 4.79 Å². The van der Waals surface area contributed by atoms with Crippen molar-refractivity contribution in [3.8, 4) is 0 Å². The number of hydrogen-bond acceptors (Lipinski definition) is 2. The molecule has 1 atom stereocenters. The molecule has 0 saturated carbocycles. The first-order chi connectivity index (χ1) is 4.74. The van der Waals surface area contributed by atoms with Gasteiger partial charge in [0.05, 0.1) is 0 Å². The standard InChI is InChI=1S/C7H14N2O/c1-2-7(10)9-4-3-6(8)5-9/h6H,2-5,8H2,1H3/t6-/m1/s1. The van der Waals surface area contributed by atoms with E-state index >= 15 is 0 Å². The fraction of sp³-hybridized carbons (Fsp3) is 0.857. The SMILES string of the molecule is CCC(=O)N1CC[C@@H](N)C1. The van der Waals surface area contributed by atoms with Gasteiger partial charge in [-0.15, -0.1) is 0 Å². The van der Waals surface area contributed by atoms with Crippen molar-refractivity contribution in [1.29, 1.82) is 0 Å². The first-order valence-corrected chi connectivity index (χ1v) is 3.77. The molecule has 2 N–H and O–H groups in total. The summed E-state index contributed by atoms with van der Waals surface area (Å²) in [5.74, 6) is 0.230. The van der Waals surface area contributed by atoms with E-state index in [1.54, 1.807) is 0 Å². The van der Waals surface area contributed by atoms with Crippen LogP contribution < -0.4 is 5.73 Å². The van der Waals surface area contributed by atoms with E-state index in [1.165, 1.54) is 0 Å². The Labute approximate surface area is 61.2 Å². The van der Waals surface area contributed by atoms with Gasteiger partial charge in [-0.3, -0.25) is 4.79 Å². The average Bonchev–Trinajstić information content (AvgIpc) is 2.34. The minimum absolute atomic E-state index is 0.218. The van der Waals surface area contributed by atoms with Crippen molar-refractivity contribution in [2.24, 2.45) is 5.73 Å². The zero-order chi connectivity index (χ0) is 7.56. The Bertz CT molecular complexity index is 136. The molecule has 0 aromatic rings. The van der Waals surface area contributed by atoms with E-state index in [1.807, 2.05) is 11.8 Å². The molecular weight excluding hydrogens is 128 g/mol. The van der Waals surface area contributed by atoms with Crippen LogP contribution in [-0.4, -0.2) is 29.9 Å². The van der Waals surface area contributed by atoms with Crippen molar-refractivity contribution in [2.75, 3.05) is 13.1 Å². The van der Waals surface area contributed by atoms with Gasteiger partial charge in [0.25, 0.3) is 0 Å². The van der Waals surface area contributed by atoms with Gasteiger partial charge in [0.1, 0.15) is 0 Å². The third kappa shape index (κ3) is 1.48. The molecule has 1 heterocycles. The van der Waals surface area contributed by atoms with Crippen molar-refractivity contribution >= 4 is 5.91 Å². The molecule has 0 unspecified atom stereocenters. The Hall–Kier alpha value is -0.570. The Kier molecular flexibility index (Phi) is 2.27. The lowest BCUT2D eigenvalue weighted by atomic mass is 10.3. The topological polar surface area (TPSA) is 46.3 Å². The number of rotatable bonds is 1. The number of carbonyl (C=O) groups is 1. The Morgan fingerprint density at radius 1 is 1.80 bits per heavy atom. The van der Waals surface area contributed by atoms with Gasteiger partial charge in [-0.1, -0.05) is 6.92 Å². The molecule has 1 aliphatic heterocycles. The van der Waals surface area contributed by atoms with E-state index in [-0.39, 0.29) is 11.9 Å². The first-order valence-electron chi connectivity index (χ1n) is 3.77. The summed E-state index contributed by atoms with van der Waals surface area (Å²) in [6, 6.07) is 0.218. The molecular formula is C7H14N2O. The molecule has 0 radical (unpaired) electrons. The smallest absolute Gasteiger partial charge is 0.222 e. The summed E-state index contributed by atoms with van der Waals surface area (Å²) in [6.45, 7) is 3.49. The number of carbonyl (C=O) groups excluding carboxylic acids is 1. The van der Waals surface area contributed by atoms with E-state index < -0.39 is 0 Å². The van der Waals surface area contributed by atoms with Gasteiger partial charge in [0.2, 0.25) is 5.91 Å². The van der Waals surface area contributed by atoms with Crippen LogP contribution >= 0.6 is 0 Å². The minimum atomic E-state index is 0.218.